The second-order valence-corrected chi connectivity index (χ2v) is 5.65. The van der Waals surface area contributed by atoms with Gasteiger partial charge in [-0.05, 0) is 18.6 Å². The summed E-state index contributed by atoms with van der Waals surface area (Å²) in [5.41, 5.74) is 1.51. The van der Waals surface area contributed by atoms with Crippen LogP contribution in [0.15, 0.2) is 48.0 Å². The van der Waals surface area contributed by atoms with Crippen molar-refractivity contribution in [2.75, 3.05) is 14.2 Å². The van der Waals surface area contributed by atoms with E-state index in [0.29, 0.717) is 11.3 Å². The number of allylic oxidation sites excluding steroid dienone is 1. The van der Waals surface area contributed by atoms with E-state index < -0.39 is 17.5 Å². The lowest BCUT2D eigenvalue weighted by Gasteiger charge is -2.21. The fourth-order valence-electron chi connectivity index (χ4n) is 2.93. The molecule has 0 fully saturated rings. The molecule has 0 spiro atoms. The molecule has 0 atom stereocenters. The Morgan fingerprint density at radius 3 is 2.12 bits per heavy atom. The zero-order chi connectivity index (χ0) is 18.1. The molecule has 0 saturated heterocycles. The summed E-state index contributed by atoms with van der Waals surface area (Å²) in [6, 6.07) is 11.6. The Morgan fingerprint density at radius 1 is 0.880 bits per heavy atom. The lowest BCUT2D eigenvalue weighted by molar-refractivity contribution is -0.135. The van der Waals surface area contributed by atoms with E-state index in [2.05, 4.69) is 0 Å². The van der Waals surface area contributed by atoms with Crippen molar-refractivity contribution in [1.82, 2.24) is 0 Å². The summed E-state index contributed by atoms with van der Waals surface area (Å²) < 4.78 is 10.1. The maximum absolute atomic E-state index is 13.1. The van der Waals surface area contributed by atoms with Crippen LogP contribution in [-0.2, 0) is 9.53 Å². The molecule has 25 heavy (non-hydrogen) atoms. The molecular formula is C20H16O5. The molecule has 2 aromatic carbocycles. The number of esters is 1. The van der Waals surface area contributed by atoms with Gasteiger partial charge in [-0.2, -0.15) is 0 Å². The van der Waals surface area contributed by atoms with E-state index >= 15 is 0 Å². The number of benzene rings is 2. The normalized spacial score (nSPS) is 13.6. The number of ketones is 2. The van der Waals surface area contributed by atoms with Crippen molar-refractivity contribution in [3.05, 3.63) is 70.3 Å². The fraction of sp³-hybridized carbons (Fsp3) is 0.150. The van der Waals surface area contributed by atoms with Gasteiger partial charge in [0.2, 0.25) is 5.78 Å². The number of Topliss-reactive ketones (excluding diaryl/α,β-unsaturated/α-hetero) is 2. The molecule has 0 amide bonds. The first-order chi connectivity index (χ1) is 12.0. The van der Waals surface area contributed by atoms with Crippen molar-refractivity contribution < 1.29 is 23.9 Å². The number of methoxy groups -OCH3 is 2. The zero-order valence-electron chi connectivity index (χ0n) is 14.1. The van der Waals surface area contributed by atoms with Crippen LogP contribution in [0.1, 0.15) is 31.8 Å². The van der Waals surface area contributed by atoms with Crippen LogP contribution in [0.2, 0.25) is 0 Å². The number of fused-ring (bicyclic) bond motifs is 1. The van der Waals surface area contributed by atoms with Gasteiger partial charge in [-0.3, -0.25) is 9.59 Å². The SMILES string of the molecule is COC(=O)C1=C(c2ccc(C)cc2OC)C(=O)c2ccccc2C1=O. The summed E-state index contributed by atoms with van der Waals surface area (Å²) in [5, 5.41) is 0. The largest absolute Gasteiger partial charge is 0.496 e. The summed E-state index contributed by atoms with van der Waals surface area (Å²) in [7, 11) is 2.65. The smallest absolute Gasteiger partial charge is 0.342 e. The van der Waals surface area contributed by atoms with Crippen LogP contribution >= 0.6 is 0 Å². The predicted octanol–water partition coefficient (Wildman–Crippen LogP) is 3.01. The van der Waals surface area contributed by atoms with Crippen LogP contribution in [0.4, 0.5) is 0 Å². The first kappa shape index (κ1) is 16.6. The number of carbonyl (C=O) groups excluding carboxylic acids is 3. The molecule has 0 N–H and O–H groups in total. The predicted molar refractivity (Wildman–Crippen MR) is 91.8 cm³/mol. The maximum atomic E-state index is 13.1. The van der Waals surface area contributed by atoms with Gasteiger partial charge in [0.1, 0.15) is 11.3 Å². The number of carbonyl (C=O) groups is 3. The highest BCUT2D eigenvalue weighted by Crippen LogP contribution is 2.37. The van der Waals surface area contributed by atoms with Crippen molar-refractivity contribution in [3.63, 3.8) is 0 Å². The van der Waals surface area contributed by atoms with Crippen LogP contribution < -0.4 is 4.74 Å². The number of rotatable bonds is 3. The Kier molecular flexibility index (Phi) is 4.23. The minimum atomic E-state index is -0.842. The van der Waals surface area contributed by atoms with Crippen molar-refractivity contribution in [1.29, 1.82) is 0 Å². The Hall–Kier alpha value is -3.21. The summed E-state index contributed by atoms with van der Waals surface area (Å²) in [6.45, 7) is 1.88. The number of aryl methyl sites for hydroxylation is 1. The molecule has 0 aliphatic heterocycles. The summed E-state index contributed by atoms with van der Waals surface area (Å²) in [4.78, 5) is 38.2. The summed E-state index contributed by atoms with van der Waals surface area (Å²) >= 11 is 0. The standard InChI is InChI=1S/C20H16O5/c1-11-8-9-14(15(10-11)24-2)16-17(20(23)25-3)19(22)13-7-5-4-6-12(13)18(16)21/h4-10H,1-3H3. The molecule has 0 bridgehead atoms. The second-order valence-electron chi connectivity index (χ2n) is 5.65. The van der Waals surface area contributed by atoms with E-state index in [-0.39, 0.29) is 22.3 Å². The Labute approximate surface area is 144 Å². The molecule has 0 heterocycles. The maximum Gasteiger partial charge on any atom is 0.342 e. The van der Waals surface area contributed by atoms with E-state index in [1.165, 1.54) is 20.3 Å². The van der Waals surface area contributed by atoms with Gasteiger partial charge < -0.3 is 9.47 Å². The Balaban J connectivity index is 2.36. The van der Waals surface area contributed by atoms with E-state index in [9.17, 15) is 14.4 Å². The average Bonchev–Trinajstić information content (AvgIpc) is 2.64. The highest BCUT2D eigenvalue weighted by Gasteiger charge is 2.37. The first-order valence-electron chi connectivity index (χ1n) is 7.65. The number of hydrogen-bond acceptors (Lipinski definition) is 5. The third-order valence-corrected chi connectivity index (χ3v) is 4.14. The fourth-order valence-corrected chi connectivity index (χ4v) is 2.93. The molecule has 2 aromatic rings. The monoisotopic (exact) mass is 336 g/mol. The number of ether oxygens (including phenoxy) is 2. The van der Waals surface area contributed by atoms with E-state index in [4.69, 9.17) is 9.47 Å². The average molecular weight is 336 g/mol. The molecule has 0 unspecified atom stereocenters. The quantitative estimate of drug-likeness (QED) is 0.636. The molecule has 5 heteroatoms. The molecular weight excluding hydrogens is 320 g/mol. The van der Waals surface area contributed by atoms with Gasteiger partial charge in [0.25, 0.3) is 0 Å². The molecule has 0 saturated carbocycles. The molecule has 5 nitrogen and oxygen atoms in total. The van der Waals surface area contributed by atoms with Crippen LogP contribution in [0.25, 0.3) is 5.57 Å². The molecule has 1 aliphatic carbocycles. The van der Waals surface area contributed by atoms with Gasteiger partial charge in [0, 0.05) is 16.7 Å². The van der Waals surface area contributed by atoms with E-state index in [1.54, 1.807) is 36.4 Å². The van der Waals surface area contributed by atoms with Crippen molar-refractivity contribution in [2.45, 2.75) is 6.92 Å². The molecule has 3 rings (SSSR count). The van der Waals surface area contributed by atoms with Gasteiger partial charge in [0.05, 0.1) is 19.8 Å². The third kappa shape index (κ3) is 2.63. The van der Waals surface area contributed by atoms with Crippen LogP contribution in [0.5, 0.6) is 5.75 Å². The minimum absolute atomic E-state index is 0.00685. The topological polar surface area (TPSA) is 69.7 Å². The van der Waals surface area contributed by atoms with E-state index in [0.717, 1.165) is 5.56 Å². The van der Waals surface area contributed by atoms with Crippen LogP contribution in [-0.4, -0.2) is 31.8 Å². The zero-order valence-corrected chi connectivity index (χ0v) is 14.1. The minimum Gasteiger partial charge on any atom is -0.496 e. The van der Waals surface area contributed by atoms with Gasteiger partial charge in [-0.1, -0.05) is 36.4 Å². The van der Waals surface area contributed by atoms with Crippen LogP contribution in [0, 0.1) is 6.92 Å². The first-order valence-corrected chi connectivity index (χ1v) is 7.65. The Bertz CT molecular complexity index is 937. The second kappa shape index (κ2) is 6.36. The highest BCUT2D eigenvalue weighted by molar-refractivity contribution is 6.46. The van der Waals surface area contributed by atoms with Crippen molar-refractivity contribution in [3.8, 4) is 5.75 Å². The summed E-state index contributed by atoms with van der Waals surface area (Å²) in [5.74, 6) is -1.36. The highest BCUT2D eigenvalue weighted by atomic mass is 16.5. The Morgan fingerprint density at radius 2 is 1.52 bits per heavy atom. The molecule has 0 aromatic heterocycles. The molecule has 126 valence electrons. The molecule has 1 aliphatic rings. The lowest BCUT2D eigenvalue weighted by atomic mass is 9.80. The third-order valence-electron chi connectivity index (χ3n) is 4.14. The summed E-state index contributed by atoms with van der Waals surface area (Å²) in [6.07, 6.45) is 0. The van der Waals surface area contributed by atoms with Gasteiger partial charge >= 0.3 is 5.97 Å². The molecule has 0 radical (unpaired) electrons. The van der Waals surface area contributed by atoms with Gasteiger partial charge in [-0.15, -0.1) is 0 Å². The van der Waals surface area contributed by atoms with Crippen molar-refractivity contribution in [2.24, 2.45) is 0 Å². The van der Waals surface area contributed by atoms with Crippen LogP contribution in [0.3, 0.4) is 0 Å². The van der Waals surface area contributed by atoms with E-state index in [1.807, 2.05) is 6.92 Å². The van der Waals surface area contributed by atoms with Crippen molar-refractivity contribution >= 4 is 23.1 Å². The van der Waals surface area contributed by atoms with Gasteiger partial charge in [-0.25, -0.2) is 4.79 Å². The lowest BCUT2D eigenvalue weighted by Crippen LogP contribution is -2.26. The van der Waals surface area contributed by atoms with Gasteiger partial charge in [0.15, 0.2) is 5.78 Å². The number of hydrogen-bond donors (Lipinski definition) is 0.